The molecule has 0 amide bonds. The zero-order valence-electron chi connectivity index (χ0n) is 8.75. The van der Waals surface area contributed by atoms with Crippen LogP contribution in [-0.2, 0) is 0 Å². The SMILES string of the molecule is NC1CCC(CNc2cccc(Cl)c2)C1. The predicted molar refractivity (Wildman–Crippen MR) is 65.3 cm³/mol. The van der Waals surface area contributed by atoms with Crippen LogP contribution in [0.1, 0.15) is 19.3 Å². The molecule has 2 atom stereocenters. The highest BCUT2D eigenvalue weighted by atomic mass is 35.5. The van der Waals surface area contributed by atoms with E-state index in [1.807, 2.05) is 24.3 Å². The molecule has 1 aliphatic rings. The normalized spacial score (nSPS) is 25.5. The van der Waals surface area contributed by atoms with Crippen molar-refractivity contribution in [3.8, 4) is 0 Å². The summed E-state index contributed by atoms with van der Waals surface area (Å²) in [5, 5.41) is 4.19. The van der Waals surface area contributed by atoms with Gasteiger partial charge in [0.05, 0.1) is 0 Å². The van der Waals surface area contributed by atoms with Crippen molar-refractivity contribution in [2.45, 2.75) is 25.3 Å². The fourth-order valence-electron chi connectivity index (χ4n) is 2.16. The number of anilines is 1. The van der Waals surface area contributed by atoms with Gasteiger partial charge in [0, 0.05) is 23.3 Å². The van der Waals surface area contributed by atoms with Crippen LogP contribution in [0, 0.1) is 5.92 Å². The lowest BCUT2D eigenvalue weighted by Gasteiger charge is -2.12. The van der Waals surface area contributed by atoms with Crippen LogP contribution < -0.4 is 11.1 Å². The Balaban J connectivity index is 1.83. The smallest absolute Gasteiger partial charge is 0.0426 e. The van der Waals surface area contributed by atoms with Crippen LogP contribution in [-0.4, -0.2) is 12.6 Å². The van der Waals surface area contributed by atoms with Gasteiger partial charge in [-0.1, -0.05) is 17.7 Å². The monoisotopic (exact) mass is 224 g/mol. The minimum atomic E-state index is 0.413. The third kappa shape index (κ3) is 3.11. The lowest BCUT2D eigenvalue weighted by Crippen LogP contribution is -2.17. The van der Waals surface area contributed by atoms with Crippen molar-refractivity contribution in [1.29, 1.82) is 0 Å². The van der Waals surface area contributed by atoms with Crippen LogP contribution in [0.5, 0.6) is 0 Å². The van der Waals surface area contributed by atoms with Crippen LogP contribution in [0.4, 0.5) is 5.69 Å². The van der Waals surface area contributed by atoms with Crippen molar-refractivity contribution in [2.24, 2.45) is 11.7 Å². The van der Waals surface area contributed by atoms with E-state index >= 15 is 0 Å². The van der Waals surface area contributed by atoms with Gasteiger partial charge >= 0.3 is 0 Å². The molecule has 0 aromatic heterocycles. The van der Waals surface area contributed by atoms with E-state index in [4.69, 9.17) is 17.3 Å². The second-order valence-electron chi connectivity index (χ2n) is 4.33. The van der Waals surface area contributed by atoms with Crippen LogP contribution in [0.25, 0.3) is 0 Å². The molecule has 0 saturated heterocycles. The van der Waals surface area contributed by atoms with E-state index in [0.29, 0.717) is 6.04 Å². The number of rotatable bonds is 3. The summed E-state index contributed by atoms with van der Waals surface area (Å²) < 4.78 is 0. The molecule has 0 bridgehead atoms. The molecule has 0 aliphatic heterocycles. The Hall–Kier alpha value is -0.730. The maximum absolute atomic E-state index is 5.90. The quantitative estimate of drug-likeness (QED) is 0.829. The predicted octanol–water partition coefficient (Wildman–Crippen LogP) is 2.88. The number of hydrogen-bond acceptors (Lipinski definition) is 2. The maximum atomic E-state index is 5.90. The van der Waals surface area contributed by atoms with Gasteiger partial charge < -0.3 is 11.1 Å². The molecular weight excluding hydrogens is 208 g/mol. The Labute approximate surface area is 95.8 Å². The highest BCUT2D eigenvalue weighted by molar-refractivity contribution is 6.30. The molecule has 1 fully saturated rings. The van der Waals surface area contributed by atoms with Gasteiger partial charge in [0.2, 0.25) is 0 Å². The lowest BCUT2D eigenvalue weighted by atomic mass is 10.1. The van der Waals surface area contributed by atoms with Gasteiger partial charge in [-0.25, -0.2) is 0 Å². The average Bonchev–Trinajstić information content (AvgIpc) is 2.62. The molecule has 2 rings (SSSR count). The van der Waals surface area contributed by atoms with Gasteiger partial charge in [-0.3, -0.25) is 0 Å². The Morgan fingerprint density at radius 2 is 2.27 bits per heavy atom. The zero-order chi connectivity index (χ0) is 10.7. The molecule has 0 radical (unpaired) electrons. The van der Waals surface area contributed by atoms with E-state index in [9.17, 15) is 0 Å². The van der Waals surface area contributed by atoms with Gasteiger partial charge in [0.15, 0.2) is 0 Å². The first-order valence-electron chi connectivity index (χ1n) is 5.49. The number of benzene rings is 1. The van der Waals surface area contributed by atoms with E-state index in [0.717, 1.165) is 29.6 Å². The standard InChI is InChI=1S/C12H17ClN2/c13-10-2-1-3-12(7-10)15-8-9-4-5-11(14)6-9/h1-3,7,9,11,15H,4-6,8,14H2. The Bertz CT molecular complexity index is 327. The minimum absolute atomic E-state index is 0.413. The van der Waals surface area contributed by atoms with Crippen LogP contribution in [0.2, 0.25) is 5.02 Å². The maximum Gasteiger partial charge on any atom is 0.0426 e. The van der Waals surface area contributed by atoms with Crippen LogP contribution >= 0.6 is 11.6 Å². The van der Waals surface area contributed by atoms with E-state index in [2.05, 4.69) is 5.32 Å². The number of nitrogens with two attached hydrogens (primary N) is 1. The molecular formula is C12H17ClN2. The number of halogens is 1. The van der Waals surface area contributed by atoms with E-state index in [1.54, 1.807) is 0 Å². The molecule has 1 aromatic carbocycles. The van der Waals surface area contributed by atoms with Gasteiger partial charge in [0.1, 0.15) is 0 Å². The zero-order valence-corrected chi connectivity index (χ0v) is 9.50. The first-order chi connectivity index (χ1) is 7.24. The first-order valence-corrected chi connectivity index (χ1v) is 5.87. The first kappa shape index (κ1) is 10.8. The van der Waals surface area contributed by atoms with Gasteiger partial charge in [0.25, 0.3) is 0 Å². The Morgan fingerprint density at radius 1 is 1.40 bits per heavy atom. The van der Waals surface area contributed by atoms with Crippen molar-refractivity contribution in [1.82, 2.24) is 0 Å². The van der Waals surface area contributed by atoms with Crippen molar-refractivity contribution >= 4 is 17.3 Å². The third-order valence-electron chi connectivity index (χ3n) is 3.00. The summed E-state index contributed by atoms with van der Waals surface area (Å²) in [5.74, 6) is 0.721. The molecule has 1 aliphatic carbocycles. The van der Waals surface area contributed by atoms with E-state index in [1.165, 1.54) is 12.8 Å². The van der Waals surface area contributed by atoms with Gasteiger partial charge in [-0.15, -0.1) is 0 Å². The molecule has 2 unspecified atom stereocenters. The summed E-state index contributed by atoms with van der Waals surface area (Å²) in [4.78, 5) is 0. The average molecular weight is 225 g/mol. The van der Waals surface area contributed by atoms with Crippen LogP contribution in [0.15, 0.2) is 24.3 Å². The molecule has 3 heteroatoms. The summed E-state index contributed by atoms with van der Waals surface area (Å²) >= 11 is 5.90. The molecule has 1 saturated carbocycles. The van der Waals surface area contributed by atoms with Crippen LogP contribution in [0.3, 0.4) is 0 Å². The van der Waals surface area contributed by atoms with Crippen molar-refractivity contribution in [2.75, 3.05) is 11.9 Å². The molecule has 2 nitrogen and oxygen atoms in total. The third-order valence-corrected chi connectivity index (χ3v) is 3.24. The fraction of sp³-hybridized carbons (Fsp3) is 0.500. The highest BCUT2D eigenvalue weighted by Gasteiger charge is 2.21. The molecule has 3 N–H and O–H groups in total. The molecule has 15 heavy (non-hydrogen) atoms. The van der Waals surface area contributed by atoms with Crippen molar-refractivity contribution in [3.63, 3.8) is 0 Å². The lowest BCUT2D eigenvalue weighted by molar-refractivity contribution is 0.566. The van der Waals surface area contributed by atoms with Gasteiger partial charge in [-0.2, -0.15) is 0 Å². The second-order valence-corrected chi connectivity index (χ2v) is 4.77. The molecule has 82 valence electrons. The molecule has 0 spiro atoms. The second kappa shape index (κ2) is 4.86. The van der Waals surface area contributed by atoms with Gasteiger partial charge in [-0.05, 0) is 43.4 Å². The molecule has 1 aromatic rings. The summed E-state index contributed by atoms with van der Waals surface area (Å²) in [7, 11) is 0. The summed E-state index contributed by atoms with van der Waals surface area (Å²) in [5.41, 5.74) is 6.97. The van der Waals surface area contributed by atoms with E-state index < -0.39 is 0 Å². The topological polar surface area (TPSA) is 38.0 Å². The largest absolute Gasteiger partial charge is 0.385 e. The van der Waals surface area contributed by atoms with E-state index in [-0.39, 0.29) is 0 Å². The summed E-state index contributed by atoms with van der Waals surface area (Å²) in [6.45, 7) is 1.01. The number of hydrogen-bond donors (Lipinski definition) is 2. The van der Waals surface area contributed by atoms with Crippen molar-refractivity contribution in [3.05, 3.63) is 29.3 Å². The fourth-order valence-corrected chi connectivity index (χ4v) is 2.35. The number of nitrogens with one attached hydrogen (secondary N) is 1. The highest BCUT2D eigenvalue weighted by Crippen LogP contribution is 2.24. The summed E-state index contributed by atoms with van der Waals surface area (Å²) in [6.07, 6.45) is 3.56. The Kier molecular flexibility index (Phi) is 3.49. The Morgan fingerprint density at radius 3 is 2.93 bits per heavy atom. The molecule has 0 heterocycles. The minimum Gasteiger partial charge on any atom is -0.385 e. The van der Waals surface area contributed by atoms with Crippen molar-refractivity contribution < 1.29 is 0 Å². The summed E-state index contributed by atoms with van der Waals surface area (Å²) in [6, 6.07) is 8.26.